The zero-order chi connectivity index (χ0) is 19.9. The summed E-state index contributed by atoms with van der Waals surface area (Å²) in [4.78, 5) is 17.1. The average molecular weight is 401 g/mol. The summed E-state index contributed by atoms with van der Waals surface area (Å²) in [7, 11) is 0. The molecule has 4 aromatic rings. The van der Waals surface area contributed by atoms with E-state index in [9.17, 15) is 4.79 Å². The van der Waals surface area contributed by atoms with Gasteiger partial charge in [0, 0.05) is 34.9 Å². The zero-order valence-corrected chi connectivity index (χ0v) is 16.4. The fourth-order valence-corrected chi connectivity index (χ4v) is 3.57. The van der Waals surface area contributed by atoms with Crippen LogP contribution in [0.5, 0.6) is 0 Å². The van der Waals surface area contributed by atoms with Gasteiger partial charge in [-0.05, 0) is 59.3 Å². The minimum Gasteiger partial charge on any atom is -0.334 e. The molecule has 0 saturated heterocycles. The molecule has 4 rings (SSSR count). The third-order valence-corrected chi connectivity index (χ3v) is 5.19. The van der Waals surface area contributed by atoms with Crippen molar-refractivity contribution in [1.29, 1.82) is 0 Å². The second-order valence-electron chi connectivity index (χ2n) is 6.42. The Labute approximate surface area is 173 Å². The molecular formula is C23H20N4OS. The highest BCUT2D eigenvalue weighted by atomic mass is 32.2. The van der Waals surface area contributed by atoms with Gasteiger partial charge in [-0.25, -0.2) is 4.79 Å². The first-order valence-corrected chi connectivity index (χ1v) is 10.0. The van der Waals surface area contributed by atoms with Crippen LogP contribution in [0, 0.1) is 0 Å². The maximum atomic E-state index is 12.0. The third kappa shape index (κ3) is 5.06. The molecule has 0 radical (unpaired) electrons. The molecule has 3 N–H and O–H groups in total. The molecule has 144 valence electrons. The smallest absolute Gasteiger partial charge is 0.319 e. The van der Waals surface area contributed by atoms with E-state index < -0.39 is 0 Å². The monoisotopic (exact) mass is 400 g/mol. The van der Waals surface area contributed by atoms with E-state index in [4.69, 9.17) is 0 Å². The van der Waals surface area contributed by atoms with Crippen molar-refractivity contribution in [2.75, 3.05) is 10.0 Å². The molecule has 0 aliphatic rings. The van der Waals surface area contributed by atoms with Crippen LogP contribution in [0.15, 0.2) is 96.2 Å². The summed E-state index contributed by atoms with van der Waals surface area (Å²) in [5, 5.41) is 8.05. The number of amides is 2. The van der Waals surface area contributed by atoms with Crippen LogP contribution in [0.3, 0.4) is 0 Å². The van der Waals surface area contributed by atoms with E-state index in [0.717, 1.165) is 21.8 Å². The van der Waals surface area contributed by atoms with Crippen molar-refractivity contribution < 1.29 is 4.79 Å². The van der Waals surface area contributed by atoms with Crippen molar-refractivity contribution in [3.63, 3.8) is 0 Å². The number of carbonyl (C=O) groups is 1. The molecular weight excluding hydrogens is 380 g/mol. The Morgan fingerprint density at radius 1 is 0.897 bits per heavy atom. The highest BCUT2D eigenvalue weighted by Crippen LogP contribution is 2.28. The fourth-order valence-electron chi connectivity index (χ4n) is 2.89. The van der Waals surface area contributed by atoms with Crippen molar-refractivity contribution >= 4 is 40.1 Å². The first kappa shape index (κ1) is 18.8. The lowest BCUT2D eigenvalue weighted by atomic mass is 10.1. The number of nitrogens with one attached hydrogen (secondary N) is 3. The number of urea groups is 1. The summed E-state index contributed by atoms with van der Waals surface area (Å²) < 4.78 is 3.41. The lowest BCUT2D eigenvalue weighted by Crippen LogP contribution is -2.28. The number of hydrogen-bond donors (Lipinski definition) is 3. The third-order valence-electron chi connectivity index (χ3n) is 4.36. The van der Waals surface area contributed by atoms with Gasteiger partial charge in [-0.3, -0.25) is 4.98 Å². The van der Waals surface area contributed by atoms with Crippen molar-refractivity contribution in [1.82, 2.24) is 10.3 Å². The van der Waals surface area contributed by atoms with E-state index in [0.29, 0.717) is 6.54 Å². The first-order valence-electron chi connectivity index (χ1n) is 9.22. The van der Waals surface area contributed by atoms with Crippen LogP contribution in [0.4, 0.5) is 16.2 Å². The number of nitrogens with zero attached hydrogens (tertiary/aromatic N) is 1. The van der Waals surface area contributed by atoms with Crippen molar-refractivity contribution in [2.24, 2.45) is 0 Å². The van der Waals surface area contributed by atoms with Gasteiger partial charge in [-0.1, -0.05) is 42.5 Å². The SMILES string of the molecule is O=C(NCc1cccnc1)Nc1ccc(SNc2cccc3ccccc23)cc1. The number of aromatic nitrogens is 1. The molecule has 6 heteroatoms. The largest absolute Gasteiger partial charge is 0.334 e. The van der Waals surface area contributed by atoms with Gasteiger partial charge in [-0.15, -0.1) is 0 Å². The van der Waals surface area contributed by atoms with E-state index in [1.807, 2.05) is 54.6 Å². The lowest BCUT2D eigenvalue weighted by Gasteiger charge is -2.10. The Hall–Kier alpha value is -3.51. The average Bonchev–Trinajstić information content (AvgIpc) is 2.78. The van der Waals surface area contributed by atoms with E-state index in [2.05, 4.69) is 44.6 Å². The second kappa shape index (κ2) is 9.12. The van der Waals surface area contributed by atoms with Gasteiger partial charge in [0.2, 0.25) is 0 Å². The topological polar surface area (TPSA) is 66.0 Å². The maximum absolute atomic E-state index is 12.0. The lowest BCUT2D eigenvalue weighted by molar-refractivity contribution is 0.251. The highest BCUT2D eigenvalue weighted by molar-refractivity contribution is 8.00. The molecule has 3 aromatic carbocycles. The molecule has 1 aromatic heterocycles. The van der Waals surface area contributed by atoms with Crippen molar-refractivity contribution in [3.8, 4) is 0 Å². The van der Waals surface area contributed by atoms with Gasteiger partial charge in [0.1, 0.15) is 0 Å². The molecule has 0 fully saturated rings. The molecule has 0 bridgehead atoms. The summed E-state index contributed by atoms with van der Waals surface area (Å²) in [5.74, 6) is 0. The number of hydrogen-bond acceptors (Lipinski definition) is 4. The van der Waals surface area contributed by atoms with Crippen molar-refractivity contribution in [2.45, 2.75) is 11.4 Å². The number of pyridine rings is 1. The molecule has 29 heavy (non-hydrogen) atoms. The predicted octanol–water partition coefficient (Wildman–Crippen LogP) is 5.68. The van der Waals surface area contributed by atoms with E-state index in [1.54, 1.807) is 12.4 Å². The summed E-state index contributed by atoms with van der Waals surface area (Å²) in [6.07, 6.45) is 3.44. The molecule has 2 amide bonds. The molecule has 0 atom stereocenters. The normalized spacial score (nSPS) is 10.5. The van der Waals surface area contributed by atoms with Crippen LogP contribution in [0.2, 0.25) is 0 Å². The van der Waals surface area contributed by atoms with E-state index in [1.165, 1.54) is 22.7 Å². The van der Waals surface area contributed by atoms with Gasteiger partial charge in [0.05, 0.1) is 5.69 Å². The Balaban J connectivity index is 1.31. The standard InChI is InChI=1S/C23H20N4OS/c28-23(25-16-17-5-4-14-24-15-17)26-19-10-12-20(13-11-19)29-27-22-9-3-7-18-6-1-2-8-21(18)22/h1-15,27H,16H2,(H2,25,26,28). The predicted molar refractivity (Wildman–Crippen MR) is 120 cm³/mol. The zero-order valence-electron chi connectivity index (χ0n) is 15.6. The van der Waals surface area contributed by atoms with E-state index in [-0.39, 0.29) is 6.03 Å². The number of rotatable bonds is 6. The first-order chi connectivity index (χ1) is 14.3. The summed E-state index contributed by atoms with van der Waals surface area (Å²) >= 11 is 1.54. The second-order valence-corrected chi connectivity index (χ2v) is 7.30. The fraction of sp³-hybridized carbons (Fsp3) is 0.0435. The minimum atomic E-state index is -0.247. The molecule has 5 nitrogen and oxygen atoms in total. The summed E-state index contributed by atoms with van der Waals surface area (Å²) in [6, 6.07) is 25.7. The molecule has 0 saturated carbocycles. The minimum absolute atomic E-state index is 0.247. The molecule has 1 heterocycles. The molecule has 0 spiro atoms. The van der Waals surface area contributed by atoms with Gasteiger partial charge < -0.3 is 15.4 Å². The Bertz CT molecular complexity index is 1100. The number of benzene rings is 3. The van der Waals surface area contributed by atoms with Crippen LogP contribution < -0.4 is 15.4 Å². The van der Waals surface area contributed by atoms with E-state index >= 15 is 0 Å². The van der Waals surface area contributed by atoms with Crippen LogP contribution in [-0.4, -0.2) is 11.0 Å². The van der Waals surface area contributed by atoms with Gasteiger partial charge >= 0.3 is 6.03 Å². The van der Waals surface area contributed by atoms with Crippen LogP contribution in [-0.2, 0) is 6.54 Å². The Kier molecular flexibility index (Phi) is 5.92. The van der Waals surface area contributed by atoms with Gasteiger partial charge in [0.15, 0.2) is 0 Å². The molecule has 0 unspecified atom stereocenters. The van der Waals surface area contributed by atoms with Crippen LogP contribution >= 0.6 is 11.9 Å². The Morgan fingerprint density at radius 3 is 2.55 bits per heavy atom. The highest BCUT2D eigenvalue weighted by Gasteiger charge is 2.04. The maximum Gasteiger partial charge on any atom is 0.319 e. The number of anilines is 2. The van der Waals surface area contributed by atoms with Gasteiger partial charge in [0.25, 0.3) is 0 Å². The Morgan fingerprint density at radius 2 is 1.72 bits per heavy atom. The number of carbonyl (C=O) groups excluding carboxylic acids is 1. The molecule has 0 aliphatic heterocycles. The van der Waals surface area contributed by atoms with Crippen molar-refractivity contribution in [3.05, 3.63) is 96.8 Å². The quantitative estimate of drug-likeness (QED) is 0.365. The summed E-state index contributed by atoms with van der Waals surface area (Å²) in [6.45, 7) is 0.433. The number of fused-ring (bicyclic) bond motifs is 1. The molecule has 0 aliphatic carbocycles. The van der Waals surface area contributed by atoms with Gasteiger partial charge in [-0.2, -0.15) is 0 Å². The summed E-state index contributed by atoms with van der Waals surface area (Å²) in [5.41, 5.74) is 2.77. The van der Waals surface area contributed by atoms with Crippen LogP contribution in [0.25, 0.3) is 10.8 Å². The van der Waals surface area contributed by atoms with Crippen LogP contribution in [0.1, 0.15) is 5.56 Å².